The minimum atomic E-state index is -0.820. The molecular formula is C9H19NO3. The molecule has 0 saturated heterocycles. The summed E-state index contributed by atoms with van der Waals surface area (Å²) in [5, 5.41) is 20.8. The third-order valence-corrected chi connectivity index (χ3v) is 1.93. The van der Waals surface area contributed by atoms with Crippen LogP contribution in [0.2, 0.25) is 0 Å². The Balaban J connectivity index is 3.57. The second-order valence-corrected chi connectivity index (χ2v) is 3.72. The molecule has 0 spiro atoms. The average molecular weight is 189 g/mol. The highest BCUT2D eigenvalue weighted by Gasteiger charge is 2.12. The molecule has 3 N–H and O–H groups in total. The maximum atomic E-state index is 10.3. The Bertz CT molecular complexity index is 159. The molecule has 4 heteroatoms. The fraction of sp³-hybridized carbons (Fsp3) is 0.889. The van der Waals surface area contributed by atoms with Crippen LogP contribution < -0.4 is 5.32 Å². The Morgan fingerprint density at radius 2 is 1.92 bits per heavy atom. The molecule has 13 heavy (non-hydrogen) atoms. The van der Waals surface area contributed by atoms with Gasteiger partial charge >= 0.3 is 5.97 Å². The number of rotatable bonds is 6. The molecule has 0 amide bonds. The Morgan fingerprint density at radius 1 is 1.38 bits per heavy atom. The number of carboxylic acids is 1. The lowest BCUT2D eigenvalue weighted by Crippen LogP contribution is -2.37. The molecular weight excluding hydrogens is 170 g/mol. The van der Waals surface area contributed by atoms with Gasteiger partial charge in [-0.25, -0.2) is 0 Å². The first-order valence-electron chi connectivity index (χ1n) is 4.56. The number of hydrogen-bond donors (Lipinski definition) is 3. The molecule has 0 heterocycles. The molecule has 0 saturated carbocycles. The maximum absolute atomic E-state index is 10.3. The molecule has 78 valence electrons. The standard InChI is InChI=1S/C9H19NO3/c1-6(2)8(11)5-10-7(3)4-9(12)13/h6-8,10-11H,4-5H2,1-3H3,(H,12,13). The maximum Gasteiger partial charge on any atom is 0.304 e. The van der Waals surface area contributed by atoms with E-state index < -0.39 is 12.1 Å². The first kappa shape index (κ1) is 12.4. The number of aliphatic carboxylic acids is 1. The quantitative estimate of drug-likeness (QED) is 0.567. The molecule has 0 aliphatic rings. The van der Waals surface area contributed by atoms with Crippen LogP contribution in [0.1, 0.15) is 27.2 Å². The SMILES string of the molecule is CC(CC(=O)O)NCC(O)C(C)C. The van der Waals surface area contributed by atoms with E-state index in [1.54, 1.807) is 6.92 Å². The monoisotopic (exact) mass is 189 g/mol. The zero-order valence-corrected chi connectivity index (χ0v) is 8.45. The average Bonchev–Trinajstić information content (AvgIpc) is 1.98. The summed E-state index contributed by atoms with van der Waals surface area (Å²) >= 11 is 0. The van der Waals surface area contributed by atoms with Crippen LogP contribution in [-0.4, -0.2) is 34.9 Å². The Kier molecular flexibility index (Phi) is 5.66. The summed E-state index contributed by atoms with van der Waals surface area (Å²) in [5.74, 6) is -0.622. The van der Waals surface area contributed by atoms with Gasteiger partial charge in [-0.1, -0.05) is 13.8 Å². The first-order chi connectivity index (χ1) is 5.93. The second kappa shape index (κ2) is 5.94. The van der Waals surface area contributed by atoms with Crippen LogP contribution in [0, 0.1) is 5.92 Å². The van der Waals surface area contributed by atoms with Crippen molar-refractivity contribution < 1.29 is 15.0 Å². The molecule has 0 aliphatic heterocycles. The van der Waals surface area contributed by atoms with Gasteiger partial charge in [0, 0.05) is 12.6 Å². The topological polar surface area (TPSA) is 69.6 Å². The summed E-state index contributed by atoms with van der Waals surface area (Å²) in [6, 6.07) is -0.0918. The molecule has 0 aromatic rings. The van der Waals surface area contributed by atoms with Gasteiger partial charge in [0.15, 0.2) is 0 Å². The molecule has 0 fully saturated rings. The fourth-order valence-corrected chi connectivity index (χ4v) is 0.892. The summed E-state index contributed by atoms with van der Waals surface area (Å²) in [4.78, 5) is 10.3. The predicted molar refractivity (Wildman–Crippen MR) is 50.6 cm³/mol. The highest BCUT2D eigenvalue weighted by atomic mass is 16.4. The van der Waals surface area contributed by atoms with E-state index in [0.29, 0.717) is 6.54 Å². The minimum Gasteiger partial charge on any atom is -0.481 e. The van der Waals surface area contributed by atoms with Crippen LogP contribution in [0.5, 0.6) is 0 Å². The van der Waals surface area contributed by atoms with Gasteiger partial charge in [-0.15, -0.1) is 0 Å². The smallest absolute Gasteiger partial charge is 0.304 e. The molecule has 0 radical (unpaired) electrons. The highest BCUT2D eigenvalue weighted by molar-refractivity contribution is 5.67. The number of carboxylic acid groups (broad SMARTS) is 1. The summed E-state index contributed by atoms with van der Waals surface area (Å²) in [7, 11) is 0. The van der Waals surface area contributed by atoms with Gasteiger partial charge in [-0.05, 0) is 12.8 Å². The third-order valence-electron chi connectivity index (χ3n) is 1.93. The zero-order valence-electron chi connectivity index (χ0n) is 8.45. The van der Waals surface area contributed by atoms with Crippen LogP contribution in [0.15, 0.2) is 0 Å². The van der Waals surface area contributed by atoms with Crippen LogP contribution >= 0.6 is 0 Å². The van der Waals surface area contributed by atoms with Crippen LogP contribution in [0.3, 0.4) is 0 Å². The Hall–Kier alpha value is -0.610. The predicted octanol–water partition coefficient (Wildman–Crippen LogP) is 0.456. The normalized spacial score (nSPS) is 15.8. The summed E-state index contributed by atoms with van der Waals surface area (Å²) in [5.41, 5.74) is 0. The lowest BCUT2D eigenvalue weighted by molar-refractivity contribution is -0.137. The lowest BCUT2D eigenvalue weighted by Gasteiger charge is -2.18. The largest absolute Gasteiger partial charge is 0.481 e. The van der Waals surface area contributed by atoms with E-state index in [1.165, 1.54) is 0 Å². The van der Waals surface area contributed by atoms with Gasteiger partial charge in [0.2, 0.25) is 0 Å². The molecule has 0 rings (SSSR count). The van der Waals surface area contributed by atoms with Crippen molar-refractivity contribution in [2.75, 3.05) is 6.54 Å². The zero-order chi connectivity index (χ0) is 10.4. The van der Waals surface area contributed by atoms with Crippen molar-refractivity contribution in [2.45, 2.75) is 39.3 Å². The van der Waals surface area contributed by atoms with Gasteiger partial charge in [0.25, 0.3) is 0 Å². The van der Waals surface area contributed by atoms with Gasteiger partial charge in [0.1, 0.15) is 0 Å². The molecule has 2 atom stereocenters. The van der Waals surface area contributed by atoms with Crippen molar-refractivity contribution in [3.63, 3.8) is 0 Å². The molecule has 2 unspecified atom stereocenters. The van der Waals surface area contributed by atoms with Crippen molar-refractivity contribution in [1.82, 2.24) is 5.32 Å². The molecule has 0 aliphatic carbocycles. The molecule has 0 aromatic heterocycles. The van der Waals surface area contributed by atoms with Crippen LogP contribution in [0.25, 0.3) is 0 Å². The summed E-state index contributed by atoms with van der Waals surface area (Å²) in [6.45, 7) is 6.09. The summed E-state index contributed by atoms with van der Waals surface area (Å²) in [6.07, 6.45) is -0.318. The second-order valence-electron chi connectivity index (χ2n) is 3.72. The molecule has 0 bridgehead atoms. The fourth-order valence-electron chi connectivity index (χ4n) is 0.892. The minimum absolute atomic E-state index is 0.0881. The molecule has 4 nitrogen and oxygen atoms in total. The van der Waals surface area contributed by atoms with Gasteiger partial charge in [-0.3, -0.25) is 4.79 Å². The van der Waals surface area contributed by atoms with Crippen molar-refractivity contribution in [3.05, 3.63) is 0 Å². The van der Waals surface area contributed by atoms with Crippen molar-refractivity contribution in [2.24, 2.45) is 5.92 Å². The van der Waals surface area contributed by atoms with E-state index in [2.05, 4.69) is 5.32 Å². The Labute approximate surface area is 79.0 Å². The lowest BCUT2D eigenvalue weighted by atomic mass is 10.1. The van der Waals surface area contributed by atoms with Gasteiger partial charge < -0.3 is 15.5 Å². The van der Waals surface area contributed by atoms with E-state index in [4.69, 9.17) is 5.11 Å². The number of aliphatic hydroxyl groups is 1. The van der Waals surface area contributed by atoms with Crippen molar-refractivity contribution >= 4 is 5.97 Å². The highest BCUT2D eigenvalue weighted by Crippen LogP contribution is 2.00. The van der Waals surface area contributed by atoms with E-state index >= 15 is 0 Å². The van der Waals surface area contributed by atoms with Crippen molar-refractivity contribution in [1.29, 1.82) is 0 Å². The third kappa shape index (κ3) is 6.54. The Morgan fingerprint density at radius 3 is 2.31 bits per heavy atom. The van der Waals surface area contributed by atoms with Crippen LogP contribution in [0.4, 0.5) is 0 Å². The summed E-state index contributed by atoms with van der Waals surface area (Å²) < 4.78 is 0. The van der Waals surface area contributed by atoms with E-state index in [0.717, 1.165) is 0 Å². The van der Waals surface area contributed by atoms with Gasteiger partial charge in [-0.2, -0.15) is 0 Å². The van der Waals surface area contributed by atoms with E-state index in [-0.39, 0.29) is 18.4 Å². The van der Waals surface area contributed by atoms with Gasteiger partial charge in [0.05, 0.1) is 12.5 Å². The van der Waals surface area contributed by atoms with Crippen LogP contribution in [-0.2, 0) is 4.79 Å². The first-order valence-corrected chi connectivity index (χ1v) is 4.56. The number of hydrogen-bond acceptors (Lipinski definition) is 3. The van der Waals surface area contributed by atoms with Crippen molar-refractivity contribution in [3.8, 4) is 0 Å². The number of aliphatic hydroxyl groups excluding tert-OH is 1. The van der Waals surface area contributed by atoms with E-state index in [9.17, 15) is 9.90 Å². The van der Waals surface area contributed by atoms with E-state index in [1.807, 2.05) is 13.8 Å². The molecule has 0 aromatic carbocycles. The number of carbonyl (C=O) groups is 1. The number of nitrogens with one attached hydrogen (secondary N) is 1.